The highest BCUT2D eigenvalue weighted by molar-refractivity contribution is 9.10. The minimum absolute atomic E-state index is 0.0701. The predicted octanol–water partition coefficient (Wildman–Crippen LogP) is 2.67. The molecule has 12 heteroatoms. The number of halogens is 2. The topological polar surface area (TPSA) is 126 Å². The van der Waals surface area contributed by atoms with Crippen LogP contribution >= 0.6 is 15.9 Å². The van der Waals surface area contributed by atoms with Crippen molar-refractivity contribution < 1.29 is 13.5 Å². The standard InChI is InChI=1S/C16H13BrFN7O3.C2H6/c17-11-5-10(1-2-12(11)18)25-15(23-27-16(25)26)13-14(22-28-21-13)20-3-4-24-7-9(6-19)8-24;1-2/h1-2,5,9H,3-4,7-8H2,(H,20,22);1-2H3. The number of hydrogen-bond donors (Lipinski definition) is 1. The SMILES string of the molecule is CC.N#CC1CN(CCNc2nonc2-c2noc(=O)n2-c2ccc(F)c(Br)c2)C1. The lowest BCUT2D eigenvalue weighted by molar-refractivity contribution is 0.141. The first-order chi connectivity index (χ1) is 14.6. The van der Waals surface area contributed by atoms with E-state index < -0.39 is 11.6 Å². The maximum absolute atomic E-state index is 13.5. The number of rotatable bonds is 6. The Labute approximate surface area is 179 Å². The molecule has 0 atom stereocenters. The predicted molar refractivity (Wildman–Crippen MR) is 108 cm³/mol. The van der Waals surface area contributed by atoms with Gasteiger partial charge in [0.2, 0.25) is 11.6 Å². The first-order valence-electron chi connectivity index (χ1n) is 9.29. The molecule has 1 fully saturated rings. The van der Waals surface area contributed by atoms with Crippen molar-refractivity contribution in [2.24, 2.45) is 5.92 Å². The van der Waals surface area contributed by atoms with Gasteiger partial charge in [-0.25, -0.2) is 18.4 Å². The van der Waals surface area contributed by atoms with E-state index in [1.54, 1.807) is 0 Å². The molecule has 0 spiro atoms. The van der Waals surface area contributed by atoms with E-state index in [4.69, 9.17) is 14.4 Å². The van der Waals surface area contributed by atoms with Gasteiger partial charge in [0, 0.05) is 26.2 Å². The van der Waals surface area contributed by atoms with Crippen LogP contribution in [0.15, 0.2) is 36.6 Å². The molecule has 30 heavy (non-hydrogen) atoms. The van der Waals surface area contributed by atoms with Crippen molar-refractivity contribution in [3.8, 4) is 23.3 Å². The minimum Gasteiger partial charge on any atom is -0.364 e. The van der Waals surface area contributed by atoms with E-state index in [1.807, 2.05) is 13.8 Å². The molecule has 158 valence electrons. The smallest absolute Gasteiger partial charge is 0.364 e. The number of hydrogen-bond acceptors (Lipinski definition) is 9. The Hall–Kier alpha value is -3.04. The molecule has 2 aromatic heterocycles. The Morgan fingerprint density at radius 3 is 2.80 bits per heavy atom. The molecule has 10 nitrogen and oxygen atoms in total. The van der Waals surface area contributed by atoms with Gasteiger partial charge in [-0.15, -0.1) is 0 Å². The zero-order chi connectivity index (χ0) is 21.7. The van der Waals surface area contributed by atoms with Crippen molar-refractivity contribution in [1.82, 2.24) is 24.9 Å². The summed E-state index contributed by atoms with van der Waals surface area (Å²) in [5, 5.41) is 23.3. The number of nitriles is 1. The molecule has 1 aliphatic heterocycles. The molecule has 1 N–H and O–H groups in total. The van der Waals surface area contributed by atoms with Crippen LogP contribution in [0, 0.1) is 23.1 Å². The van der Waals surface area contributed by atoms with Gasteiger partial charge in [-0.3, -0.25) is 9.42 Å². The lowest BCUT2D eigenvalue weighted by Crippen LogP contribution is -2.47. The van der Waals surface area contributed by atoms with Gasteiger partial charge < -0.3 is 5.32 Å². The second-order valence-electron chi connectivity index (χ2n) is 6.18. The molecule has 4 rings (SSSR count). The lowest BCUT2D eigenvalue weighted by atomic mass is 10.0. The number of likely N-dealkylation sites (tertiary alicyclic amines) is 1. The molecule has 0 unspecified atom stereocenters. The average Bonchev–Trinajstić information content (AvgIpc) is 3.33. The quantitative estimate of drug-likeness (QED) is 0.567. The van der Waals surface area contributed by atoms with E-state index in [0.717, 1.165) is 17.7 Å². The van der Waals surface area contributed by atoms with Gasteiger partial charge in [0.15, 0.2) is 5.69 Å². The average molecular weight is 480 g/mol. The Morgan fingerprint density at radius 1 is 1.33 bits per heavy atom. The zero-order valence-electron chi connectivity index (χ0n) is 16.3. The number of anilines is 1. The van der Waals surface area contributed by atoms with Crippen LogP contribution in [0.25, 0.3) is 17.2 Å². The maximum atomic E-state index is 13.5. The van der Waals surface area contributed by atoms with Crippen molar-refractivity contribution >= 4 is 21.7 Å². The van der Waals surface area contributed by atoms with E-state index in [1.165, 1.54) is 18.2 Å². The molecule has 0 aliphatic carbocycles. The van der Waals surface area contributed by atoms with Crippen LogP contribution < -0.4 is 11.1 Å². The summed E-state index contributed by atoms with van der Waals surface area (Å²) >= 11 is 3.09. The summed E-state index contributed by atoms with van der Waals surface area (Å²) in [5.74, 6) is -0.777. The lowest BCUT2D eigenvalue weighted by Gasteiger charge is -2.35. The molecule has 1 aliphatic rings. The summed E-state index contributed by atoms with van der Waals surface area (Å²) in [5.41, 5.74) is 0.524. The third-order valence-electron chi connectivity index (χ3n) is 4.33. The normalized spacial score (nSPS) is 13.8. The van der Waals surface area contributed by atoms with Crippen molar-refractivity contribution in [2.75, 3.05) is 31.5 Å². The molecule has 0 bridgehead atoms. The van der Waals surface area contributed by atoms with Crippen molar-refractivity contribution in [3.63, 3.8) is 0 Å². The molecule has 1 aromatic carbocycles. The molecule has 0 amide bonds. The van der Waals surface area contributed by atoms with Crippen LogP contribution in [0.3, 0.4) is 0 Å². The van der Waals surface area contributed by atoms with Crippen LogP contribution in [0.4, 0.5) is 10.2 Å². The monoisotopic (exact) mass is 479 g/mol. The summed E-state index contributed by atoms with van der Waals surface area (Å²) < 4.78 is 24.4. The summed E-state index contributed by atoms with van der Waals surface area (Å²) in [6, 6.07) is 6.27. The van der Waals surface area contributed by atoms with Crippen LogP contribution in [-0.2, 0) is 0 Å². The first kappa shape index (κ1) is 21.7. The molecule has 0 saturated carbocycles. The largest absolute Gasteiger partial charge is 0.446 e. The van der Waals surface area contributed by atoms with Gasteiger partial charge in [0.25, 0.3) is 0 Å². The number of nitrogens with one attached hydrogen (secondary N) is 1. The first-order valence-corrected chi connectivity index (χ1v) is 10.1. The van der Waals surface area contributed by atoms with Crippen LogP contribution in [0.2, 0.25) is 0 Å². The Morgan fingerprint density at radius 2 is 2.10 bits per heavy atom. The summed E-state index contributed by atoms with van der Waals surface area (Å²) in [4.78, 5) is 14.3. The summed E-state index contributed by atoms with van der Waals surface area (Å²) in [7, 11) is 0. The fraction of sp³-hybridized carbons (Fsp3) is 0.389. The van der Waals surface area contributed by atoms with Crippen LogP contribution in [0.5, 0.6) is 0 Å². The van der Waals surface area contributed by atoms with Crippen LogP contribution in [-0.4, -0.2) is 51.1 Å². The number of nitrogens with zero attached hydrogens (tertiary/aromatic N) is 6. The molecular weight excluding hydrogens is 461 g/mol. The van der Waals surface area contributed by atoms with Crippen molar-refractivity contribution in [2.45, 2.75) is 13.8 Å². The van der Waals surface area contributed by atoms with E-state index >= 15 is 0 Å². The highest BCUT2D eigenvalue weighted by Gasteiger charge is 2.26. The zero-order valence-corrected chi connectivity index (χ0v) is 17.9. The van der Waals surface area contributed by atoms with Gasteiger partial charge in [-0.1, -0.05) is 19.0 Å². The van der Waals surface area contributed by atoms with Crippen molar-refractivity contribution in [3.05, 3.63) is 39.0 Å². The molecule has 1 saturated heterocycles. The van der Waals surface area contributed by atoms with E-state index in [-0.39, 0.29) is 21.9 Å². The fourth-order valence-corrected chi connectivity index (χ4v) is 3.24. The summed E-state index contributed by atoms with van der Waals surface area (Å²) in [6.45, 7) is 6.72. The van der Waals surface area contributed by atoms with Gasteiger partial charge in [-0.05, 0) is 44.4 Å². The minimum atomic E-state index is -0.759. The molecule has 0 radical (unpaired) electrons. The van der Waals surface area contributed by atoms with E-state index in [0.29, 0.717) is 24.6 Å². The molecule has 3 aromatic rings. The number of aromatic nitrogens is 4. The Kier molecular flexibility index (Phi) is 6.96. The third kappa shape index (κ3) is 4.42. The highest BCUT2D eigenvalue weighted by atomic mass is 79.9. The highest BCUT2D eigenvalue weighted by Crippen LogP contribution is 2.26. The van der Waals surface area contributed by atoms with Gasteiger partial charge in [0.1, 0.15) is 5.82 Å². The van der Waals surface area contributed by atoms with E-state index in [9.17, 15) is 9.18 Å². The second kappa shape index (κ2) is 9.64. The van der Waals surface area contributed by atoms with E-state index in [2.05, 4.69) is 47.7 Å². The van der Waals surface area contributed by atoms with Gasteiger partial charge in [0.05, 0.1) is 22.1 Å². The Bertz CT molecular complexity index is 1100. The molecular formula is C18H19BrFN7O3. The maximum Gasteiger partial charge on any atom is 0.446 e. The number of benzene rings is 1. The van der Waals surface area contributed by atoms with Gasteiger partial charge >= 0.3 is 5.76 Å². The Balaban J connectivity index is 0.00000124. The third-order valence-corrected chi connectivity index (χ3v) is 4.93. The second-order valence-corrected chi connectivity index (χ2v) is 7.03. The fourth-order valence-electron chi connectivity index (χ4n) is 2.87. The van der Waals surface area contributed by atoms with Gasteiger partial charge in [-0.2, -0.15) is 5.26 Å². The van der Waals surface area contributed by atoms with Crippen molar-refractivity contribution in [1.29, 1.82) is 5.26 Å². The summed E-state index contributed by atoms with van der Waals surface area (Å²) in [6.07, 6.45) is 0. The van der Waals surface area contributed by atoms with Crippen LogP contribution in [0.1, 0.15) is 13.8 Å². The molecule has 3 heterocycles.